The molecule has 0 saturated carbocycles. The van der Waals surface area contributed by atoms with Gasteiger partial charge in [-0.15, -0.1) is 0 Å². The zero-order valence-corrected chi connectivity index (χ0v) is 9.90. The molecule has 1 rings (SSSR count). The van der Waals surface area contributed by atoms with Gasteiger partial charge < -0.3 is 0 Å². The van der Waals surface area contributed by atoms with Crippen molar-refractivity contribution in [3.8, 4) is 0 Å². The number of nitrogens with zero attached hydrogens (tertiary/aromatic N) is 1. The van der Waals surface area contributed by atoms with Gasteiger partial charge in [0.15, 0.2) is 0 Å². The molecule has 0 aliphatic rings. The highest BCUT2D eigenvalue weighted by molar-refractivity contribution is 8.12. The predicted octanol–water partition coefficient (Wildman–Crippen LogP) is 2.61. The molecule has 0 atom stereocenters. The van der Waals surface area contributed by atoms with Crippen molar-refractivity contribution in [2.75, 3.05) is 12.5 Å². The second-order valence-electron chi connectivity index (χ2n) is 2.68. The van der Waals surface area contributed by atoms with E-state index in [9.17, 15) is 4.79 Å². The van der Waals surface area contributed by atoms with Gasteiger partial charge in [0.05, 0.1) is 6.42 Å². The Kier molecular flexibility index (Phi) is 4.90. The fraction of sp³-hybridized carbons (Fsp3) is 0.300. The van der Waals surface area contributed by atoms with E-state index in [1.807, 2.05) is 42.8 Å². The maximum atomic E-state index is 11.7. The van der Waals surface area contributed by atoms with Crippen molar-refractivity contribution in [2.45, 2.75) is 6.42 Å². The van der Waals surface area contributed by atoms with Crippen molar-refractivity contribution in [3.05, 3.63) is 35.9 Å². The van der Waals surface area contributed by atoms with Crippen molar-refractivity contribution in [3.63, 3.8) is 0 Å². The monoisotopic (exact) mass is 227 g/mol. The van der Waals surface area contributed by atoms with E-state index in [1.54, 1.807) is 3.71 Å². The number of carbonyl (C=O) groups excluding carboxylic acids is 1. The minimum Gasteiger partial charge on any atom is -0.273 e. The van der Waals surface area contributed by atoms with Crippen LogP contribution in [0.1, 0.15) is 5.56 Å². The molecule has 0 spiro atoms. The number of hydrogen-bond donors (Lipinski definition) is 0. The van der Waals surface area contributed by atoms with Crippen molar-refractivity contribution >= 4 is 29.8 Å². The van der Waals surface area contributed by atoms with Gasteiger partial charge in [-0.1, -0.05) is 30.3 Å². The average molecular weight is 227 g/mol. The first-order valence-electron chi connectivity index (χ1n) is 4.23. The predicted molar refractivity (Wildman–Crippen MR) is 64.0 cm³/mol. The molecular weight excluding hydrogens is 214 g/mol. The first kappa shape index (κ1) is 11.5. The molecule has 0 heterocycles. The van der Waals surface area contributed by atoms with Crippen molar-refractivity contribution in [1.82, 2.24) is 3.71 Å². The molecule has 76 valence electrons. The van der Waals surface area contributed by atoms with Gasteiger partial charge in [-0.25, -0.2) is 3.71 Å². The number of benzene rings is 1. The van der Waals surface area contributed by atoms with E-state index in [0.717, 1.165) is 5.56 Å². The topological polar surface area (TPSA) is 20.3 Å². The zero-order chi connectivity index (χ0) is 10.4. The fourth-order valence-corrected chi connectivity index (χ4v) is 2.25. The van der Waals surface area contributed by atoms with E-state index in [0.29, 0.717) is 6.42 Å². The van der Waals surface area contributed by atoms with Gasteiger partial charge >= 0.3 is 0 Å². The maximum Gasteiger partial charge on any atom is 0.247 e. The quantitative estimate of drug-likeness (QED) is 0.737. The largest absolute Gasteiger partial charge is 0.273 e. The molecule has 0 aromatic heterocycles. The molecular formula is C10H13NOS2. The highest BCUT2D eigenvalue weighted by Crippen LogP contribution is 2.18. The van der Waals surface area contributed by atoms with E-state index < -0.39 is 0 Å². The van der Waals surface area contributed by atoms with E-state index in [1.165, 1.54) is 23.9 Å². The van der Waals surface area contributed by atoms with E-state index in [2.05, 4.69) is 0 Å². The summed E-state index contributed by atoms with van der Waals surface area (Å²) in [5, 5.41) is 0. The van der Waals surface area contributed by atoms with Crippen molar-refractivity contribution < 1.29 is 4.79 Å². The molecule has 1 amide bonds. The SMILES string of the molecule is CSN(SC)C(=O)Cc1ccccc1. The van der Waals surface area contributed by atoms with Crippen LogP contribution >= 0.6 is 23.9 Å². The van der Waals surface area contributed by atoms with Crippen LogP contribution in [0.5, 0.6) is 0 Å². The zero-order valence-electron chi connectivity index (χ0n) is 8.27. The summed E-state index contributed by atoms with van der Waals surface area (Å²) < 4.78 is 1.69. The fourth-order valence-electron chi connectivity index (χ4n) is 1.11. The number of rotatable bonds is 4. The Bertz CT molecular complexity index is 285. The molecule has 0 aliphatic heterocycles. The van der Waals surface area contributed by atoms with Crippen LogP contribution in [0, 0.1) is 0 Å². The molecule has 0 N–H and O–H groups in total. The molecule has 1 aromatic rings. The van der Waals surface area contributed by atoms with E-state index in [4.69, 9.17) is 0 Å². The second-order valence-corrected chi connectivity index (χ2v) is 4.37. The molecule has 0 bridgehead atoms. The lowest BCUT2D eigenvalue weighted by Gasteiger charge is -2.15. The molecule has 2 nitrogen and oxygen atoms in total. The van der Waals surface area contributed by atoms with Gasteiger partial charge in [-0.3, -0.25) is 4.79 Å². The summed E-state index contributed by atoms with van der Waals surface area (Å²) in [6.45, 7) is 0. The highest BCUT2D eigenvalue weighted by Gasteiger charge is 2.11. The Morgan fingerprint density at radius 1 is 1.21 bits per heavy atom. The Labute approximate surface area is 93.3 Å². The lowest BCUT2D eigenvalue weighted by Crippen LogP contribution is -2.18. The van der Waals surface area contributed by atoms with Crippen LogP contribution in [-0.4, -0.2) is 22.1 Å². The van der Waals surface area contributed by atoms with Gasteiger partial charge in [0.2, 0.25) is 5.91 Å². The number of hydrogen-bond acceptors (Lipinski definition) is 3. The van der Waals surface area contributed by atoms with Gasteiger partial charge in [-0.2, -0.15) is 0 Å². The standard InChI is InChI=1S/C10H13NOS2/c1-13-11(14-2)10(12)8-9-6-4-3-5-7-9/h3-7H,8H2,1-2H3. The summed E-state index contributed by atoms with van der Waals surface area (Å²) in [6, 6.07) is 9.79. The third-order valence-corrected chi connectivity index (χ3v) is 3.70. The summed E-state index contributed by atoms with van der Waals surface area (Å²) in [4.78, 5) is 11.7. The molecule has 14 heavy (non-hydrogen) atoms. The van der Waals surface area contributed by atoms with Gasteiger partial charge in [0.1, 0.15) is 0 Å². The number of amides is 1. The van der Waals surface area contributed by atoms with Crippen molar-refractivity contribution in [1.29, 1.82) is 0 Å². The van der Waals surface area contributed by atoms with Crippen LogP contribution in [0.2, 0.25) is 0 Å². The lowest BCUT2D eigenvalue weighted by atomic mass is 10.1. The minimum absolute atomic E-state index is 0.135. The third-order valence-electron chi connectivity index (χ3n) is 1.73. The summed E-state index contributed by atoms with van der Waals surface area (Å²) in [6.07, 6.45) is 4.28. The van der Waals surface area contributed by atoms with E-state index >= 15 is 0 Å². The van der Waals surface area contributed by atoms with Gasteiger partial charge in [-0.05, 0) is 29.5 Å². The highest BCUT2D eigenvalue weighted by atomic mass is 32.2. The first-order valence-corrected chi connectivity index (χ1v) is 6.59. The van der Waals surface area contributed by atoms with E-state index in [-0.39, 0.29) is 5.91 Å². The van der Waals surface area contributed by atoms with Gasteiger partial charge in [0, 0.05) is 12.5 Å². The van der Waals surface area contributed by atoms with Crippen molar-refractivity contribution in [2.24, 2.45) is 0 Å². The number of carbonyl (C=O) groups is 1. The molecule has 0 unspecified atom stereocenters. The lowest BCUT2D eigenvalue weighted by molar-refractivity contribution is -0.122. The van der Waals surface area contributed by atoms with Crippen LogP contribution in [0.25, 0.3) is 0 Å². The van der Waals surface area contributed by atoms with Crippen LogP contribution in [0.3, 0.4) is 0 Å². The molecule has 0 radical (unpaired) electrons. The molecule has 1 aromatic carbocycles. The Morgan fingerprint density at radius 2 is 1.79 bits per heavy atom. The minimum atomic E-state index is 0.135. The van der Waals surface area contributed by atoms with Crippen LogP contribution in [-0.2, 0) is 11.2 Å². The maximum absolute atomic E-state index is 11.7. The summed E-state index contributed by atoms with van der Waals surface area (Å²) >= 11 is 2.89. The third kappa shape index (κ3) is 3.27. The molecule has 0 fully saturated rings. The summed E-state index contributed by atoms with van der Waals surface area (Å²) in [5.74, 6) is 0.135. The molecule has 4 heteroatoms. The first-order chi connectivity index (χ1) is 6.77. The van der Waals surface area contributed by atoms with Crippen LogP contribution < -0.4 is 0 Å². The summed E-state index contributed by atoms with van der Waals surface area (Å²) in [5.41, 5.74) is 1.06. The Morgan fingerprint density at radius 3 is 2.29 bits per heavy atom. The molecule has 0 saturated heterocycles. The molecule has 0 aliphatic carbocycles. The smallest absolute Gasteiger partial charge is 0.247 e. The van der Waals surface area contributed by atoms with Crippen LogP contribution in [0.4, 0.5) is 0 Å². The second kappa shape index (κ2) is 5.98. The van der Waals surface area contributed by atoms with Crippen LogP contribution in [0.15, 0.2) is 30.3 Å². The normalized spacial score (nSPS) is 9.86. The Hall–Kier alpha value is -0.610. The van der Waals surface area contributed by atoms with Gasteiger partial charge in [0.25, 0.3) is 0 Å². The summed E-state index contributed by atoms with van der Waals surface area (Å²) in [7, 11) is 0. The average Bonchev–Trinajstić information content (AvgIpc) is 2.21. The Balaban J connectivity index is 2.57.